The molecule has 1 aromatic carbocycles. The number of hydrogen-bond donors (Lipinski definition) is 1. The van der Waals surface area contributed by atoms with Crippen molar-refractivity contribution in [3.8, 4) is 11.4 Å². The van der Waals surface area contributed by atoms with Crippen molar-refractivity contribution in [1.82, 2.24) is 15.0 Å². The highest BCUT2D eigenvalue weighted by Gasteiger charge is 2.22. The standard InChI is InChI=1S/C19H18N4OS/c1-11(24)8-13-4-3-5-15(9-13)22-19-20-10-14-6-7-16-18(17(14)23-19)21-12(2)25-16/h3-5,9-10H,6-8H2,1-2H3,(H,20,22,23). The monoisotopic (exact) mass is 350 g/mol. The molecule has 25 heavy (non-hydrogen) atoms. The van der Waals surface area contributed by atoms with E-state index in [4.69, 9.17) is 4.98 Å². The van der Waals surface area contributed by atoms with Crippen LogP contribution >= 0.6 is 11.3 Å². The molecule has 0 saturated carbocycles. The molecule has 0 radical (unpaired) electrons. The molecule has 0 aliphatic heterocycles. The summed E-state index contributed by atoms with van der Waals surface area (Å²) in [5.74, 6) is 0.700. The van der Waals surface area contributed by atoms with Crippen molar-refractivity contribution in [2.24, 2.45) is 0 Å². The van der Waals surface area contributed by atoms with Gasteiger partial charge in [-0.1, -0.05) is 12.1 Å². The minimum atomic E-state index is 0.147. The Balaban J connectivity index is 1.64. The summed E-state index contributed by atoms with van der Waals surface area (Å²) in [4.78, 5) is 26.4. The minimum Gasteiger partial charge on any atom is -0.324 e. The van der Waals surface area contributed by atoms with Gasteiger partial charge in [-0.25, -0.2) is 15.0 Å². The van der Waals surface area contributed by atoms with Gasteiger partial charge in [-0.2, -0.15) is 0 Å². The van der Waals surface area contributed by atoms with Crippen molar-refractivity contribution in [3.63, 3.8) is 0 Å². The number of aromatic nitrogens is 3. The van der Waals surface area contributed by atoms with Gasteiger partial charge in [0.1, 0.15) is 11.5 Å². The van der Waals surface area contributed by atoms with E-state index in [0.717, 1.165) is 46.1 Å². The first-order valence-corrected chi connectivity index (χ1v) is 9.08. The van der Waals surface area contributed by atoms with Crippen LogP contribution in [0.4, 0.5) is 11.6 Å². The third-order valence-electron chi connectivity index (χ3n) is 4.15. The number of hydrogen-bond acceptors (Lipinski definition) is 6. The third kappa shape index (κ3) is 3.30. The summed E-state index contributed by atoms with van der Waals surface area (Å²) in [6, 6.07) is 7.79. The number of rotatable bonds is 4. The average molecular weight is 350 g/mol. The highest BCUT2D eigenvalue weighted by Crippen LogP contribution is 2.35. The molecule has 0 bridgehead atoms. The lowest BCUT2D eigenvalue weighted by Crippen LogP contribution is -2.07. The molecule has 126 valence electrons. The fourth-order valence-electron chi connectivity index (χ4n) is 3.10. The topological polar surface area (TPSA) is 67.8 Å². The first kappa shape index (κ1) is 15.9. The maximum absolute atomic E-state index is 11.3. The van der Waals surface area contributed by atoms with Gasteiger partial charge in [-0.15, -0.1) is 11.3 Å². The zero-order valence-corrected chi connectivity index (χ0v) is 15.0. The van der Waals surface area contributed by atoms with Crippen molar-refractivity contribution in [3.05, 3.63) is 51.5 Å². The second kappa shape index (κ2) is 6.37. The summed E-state index contributed by atoms with van der Waals surface area (Å²) in [5.41, 5.74) is 4.94. The molecule has 6 heteroatoms. The molecule has 2 aromatic heterocycles. The predicted molar refractivity (Wildman–Crippen MR) is 99.4 cm³/mol. The number of thiazole rings is 1. The second-order valence-corrected chi connectivity index (χ2v) is 7.56. The van der Waals surface area contributed by atoms with Crippen LogP contribution in [0.25, 0.3) is 11.4 Å². The van der Waals surface area contributed by atoms with Crippen LogP contribution in [0, 0.1) is 6.92 Å². The van der Waals surface area contributed by atoms with E-state index in [2.05, 4.69) is 15.3 Å². The molecule has 5 nitrogen and oxygen atoms in total. The smallest absolute Gasteiger partial charge is 0.227 e. The Morgan fingerprint density at radius 1 is 1.24 bits per heavy atom. The molecule has 0 fully saturated rings. The normalized spacial score (nSPS) is 12.4. The zero-order chi connectivity index (χ0) is 17.4. The Bertz CT molecular complexity index is 964. The molecule has 1 aliphatic carbocycles. The molecule has 3 aromatic rings. The Kier molecular flexibility index (Phi) is 4.05. The van der Waals surface area contributed by atoms with Crippen molar-refractivity contribution >= 4 is 28.8 Å². The number of benzene rings is 1. The van der Waals surface area contributed by atoms with Crippen molar-refractivity contribution < 1.29 is 4.79 Å². The summed E-state index contributed by atoms with van der Waals surface area (Å²) in [6.45, 7) is 3.63. The molecular weight excluding hydrogens is 332 g/mol. The van der Waals surface area contributed by atoms with Crippen LogP contribution in [0.15, 0.2) is 30.5 Å². The summed E-state index contributed by atoms with van der Waals surface area (Å²) in [5, 5.41) is 4.32. The number of carbonyl (C=O) groups is 1. The molecule has 0 atom stereocenters. The van der Waals surface area contributed by atoms with E-state index in [1.807, 2.05) is 37.4 Å². The number of ketones is 1. The highest BCUT2D eigenvalue weighted by atomic mass is 32.1. The fourth-order valence-corrected chi connectivity index (χ4v) is 4.04. The number of fused-ring (bicyclic) bond motifs is 3. The summed E-state index contributed by atoms with van der Waals surface area (Å²) < 4.78 is 0. The fraction of sp³-hybridized carbons (Fsp3) is 0.263. The Morgan fingerprint density at radius 2 is 2.12 bits per heavy atom. The lowest BCUT2D eigenvalue weighted by Gasteiger charge is -2.15. The molecule has 0 amide bonds. The minimum absolute atomic E-state index is 0.147. The molecule has 1 aliphatic rings. The van der Waals surface area contributed by atoms with E-state index in [1.165, 1.54) is 4.88 Å². The Hall–Kier alpha value is -2.60. The Labute approximate surface area is 150 Å². The van der Waals surface area contributed by atoms with E-state index in [9.17, 15) is 4.79 Å². The van der Waals surface area contributed by atoms with Gasteiger partial charge in [-0.3, -0.25) is 4.79 Å². The molecule has 4 rings (SSSR count). The van der Waals surface area contributed by atoms with Gasteiger partial charge < -0.3 is 5.32 Å². The van der Waals surface area contributed by atoms with Crippen molar-refractivity contribution in [1.29, 1.82) is 0 Å². The maximum Gasteiger partial charge on any atom is 0.227 e. The molecule has 0 spiro atoms. The van der Waals surface area contributed by atoms with Gasteiger partial charge in [0.15, 0.2) is 0 Å². The predicted octanol–water partition coefficient (Wildman–Crippen LogP) is 3.88. The van der Waals surface area contributed by atoms with Crippen LogP contribution in [0.3, 0.4) is 0 Å². The number of carbonyl (C=O) groups excluding carboxylic acids is 1. The molecular formula is C19H18N4OS. The second-order valence-electron chi connectivity index (χ2n) is 6.28. The quantitative estimate of drug-likeness (QED) is 0.773. The van der Waals surface area contributed by atoms with Crippen LogP contribution in [0.2, 0.25) is 0 Å². The van der Waals surface area contributed by atoms with Gasteiger partial charge in [0.05, 0.1) is 10.7 Å². The number of anilines is 2. The number of nitrogens with zero attached hydrogens (tertiary/aromatic N) is 3. The largest absolute Gasteiger partial charge is 0.324 e. The SMILES string of the molecule is CC(=O)Cc1cccc(Nc2ncc3c(n2)-c2nc(C)sc2CC3)c1. The van der Waals surface area contributed by atoms with Crippen LogP contribution in [-0.2, 0) is 24.1 Å². The maximum atomic E-state index is 11.3. The molecule has 1 N–H and O–H groups in total. The van der Waals surface area contributed by atoms with Crippen LogP contribution in [0.1, 0.15) is 27.9 Å². The summed E-state index contributed by atoms with van der Waals surface area (Å²) >= 11 is 1.75. The van der Waals surface area contributed by atoms with Crippen LogP contribution < -0.4 is 5.32 Å². The van der Waals surface area contributed by atoms with Crippen LogP contribution in [0.5, 0.6) is 0 Å². The van der Waals surface area contributed by atoms with Crippen LogP contribution in [-0.4, -0.2) is 20.7 Å². The van der Waals surface area contributed by atoms with Gasteiger partial charge in [0, 0.05) is 23.2 Å². The molecule has 0 saturated heterocycles. The molecule has 0 unspecified atom stereocenters. The van der Waals surface area contributed by atoms with Crippen molar-refractivity contribution in [2.45, 2.75) is 33.1 Å². The van der Waals surface area contributed by atoms with Gasteiger partial charge in [0.2, 0.25) is 5.95 Å². The van der Waals surface area contributed by atoms with E-state index < -0.39 is 0 Å². The van der Waals surface area contributed by atoms with E-state index in [-0.39, 0.29) is 5.78 Å². The van der Waals surface area contributed by atoms with Crippen molar-refractivity contribution in [2.75, 3.05) is 5.32 Å². The number of nitrogens with one attached hydrogen (secondary N) is 1. The van der Waals surface area contributed by atoms with E-state index in [0.29, 0.717) is 12.4 Å². The lowest BCUT2D eigenvalue weighted by molar-refractivity contribution is -0.116. The van der Waals surface area contributed by atoms with E-state index >= 15 is 0 Å². The highest BCUT2D eigenvalue weighted by molar-refractivity contribution is 7.12. The summed E-state index contributed by atoms with van der Waals surface area (Å²) in [6.07, 6.45) is 4.29. The summed E-state index contributed by atoms with van der Waals surface area (Å²) in [7, 11) is 0. The van der Waals surface area contributed by atoms with Gasteiger partial charge in [0.25, 0.3) is 0 Å². The number of aryl methyl sites for hydroxylation is 3. The first-order valence-electron chi connectivity index (χ1n) is 8.26. The number of Topliss-reactive ketones (excluding diaryl/α,β-unsaturated/α-hetero) is 1. The Morgan fingerprint density at radius 3 is 2.96 bits per heavy atom. The lowest BCUT2D eigenvalue weighted by atomic mass is 10.00. The van der Waals surface area contributed by atoms with Gasteiger partial charge >= 0.3 is 0 Å². The first-order chi connectivity index (χ1) is 12.1. The van der Waals surface area contributed by atoms with Gasteiger partial charge in [-0.05, 0) is 49.9 Å². The zero-order valence-electron chi connectivity index (χ0n) is 14.2. The van der Waals surface area contributed by atoms with E-state index in [1.54, 1.807) is 18.3 Å². The molecule has 2 heterocycles. The third-order valence-corrected chi connectivity index (χ3v) is 5.18. The average Bonchev–Trinajstić information content (AvgIpc) is 2.95.